The lowest BCUT2D eigenvalue weighted by Gasteiger charge is -2.09. The van der Waals surface area contributed by atoms with Gasteiger partial charge in [0.25, 0.3) is 5.91 Å². The summed E-state index contributed by atoms with van der Waals surface area (Å²) in [6.07, 6.45) is 0.246. The van der Waals surface area contributed by atoms with E-state index in [2.05, 4.69) is 10.6 Å². The van der Waals surface area contributed by atoms with Crippen molar-refractivity contribution in [2.75, 3.05) is 11.9 Å². The molecule has 3 rings (SSSR count). The molecular formula is C24H22N2O5. The van der Waals surface area contributed by atoms with Crippen molar-refractivity contribution in [3.8, 4) is 5.75 Å². The molecule has 0 fully saturated rings. The molecule has 3 aromatic carbocycles. The molecular weight excluding hydrogens is 396 g/mol. The summed E-state index contributed by atoms with van der Waals surface area (Å²) in [7, 11) is 0. The Labute approximate surface area is 179 Å². The Morgan fingerprint density at radius 1 is 0.806 bits per heavy atom. The summed E-state index contributed by atoms with van der Waals surface area (Å²) in [6.45, 7) is 0.644. The van der Waals surface area contributed by atoms with E-state index in [9.17, 15) is 14.4 Å². The van der Waals surface area contributed by atoms with Gasteiger partial charge < -0.3 is 20.5 Å². The van der Waals surface area contributed by atoms with Gasteiger partial charge in [-0.1, -0.05) is 30.3 Å². The largest absolute Gasteiger partial charge is 0.493 e. The Bertz CT molecular complexity index is 1030. The highest BCUT2D eigenvalue weighted by molar-refractivity contribution is 6.04. The van der Waals surface area contributed by atoms with Gasteiger partial charge in [-0.2, -0.15) is 0 Å². The maximum absolute atomic E-state index is 12.3. The fourth-order valence-corrected chi connectivity index (χ4v) is 2.74. The van der Waals surface area contributed by atoms with Crippen molar-refractivity contribution in [1.29, 1.82) is 0 Å². The van der Waals surface area contributed by atoms with Crippen LogP contribution in [0.5, 0.6) is 5.75 Å². The van der Waals surface area contributed by atoms with Crippen LogP contribution in [0.1, 0.15) is 32.7 Å². The van der Waals surface area contributed by atoms with Crippen LogP contribution in [0.25, 0.3) is 0 Å². The molecule has 0 unspecified atom stereocenters. The van der Waals surface area contributed by atoms with Gasteiger partial charge in [-0.3, -0.25) is 9.59 Å². The molecule has 2 amide bonds. The van der Waals surface area contributed by atoms with Gasteiger partial charge in [-0.05, 0) is 54.1 Å². The third kappa shape index (κ3) is 6.71. The molecule has 7 heteroatoms. The van der Waals surface area contributed by atoms with E-state index in [1.807, 2.05) is 30.3 Å². The highest BCUT2D eigenvalue weighted by Crippen LogP contribution is 2.13. The highest BCUT2D eigenvalue weighted by Gasteiger charge is 2.08. The van der Waals surface area contributed by atoms with Crippen molar-refractivity contribution >= 4 is 23.5 Å². The monoisotopic (exact) mass is 418 g/mol. The topological polar surface area (TPSA) is 105 Å². The summed E-state index contributed by atoms with van der Waals surface area (Å²) in [5.41, 5.74) is 1.97. The Balaban J connectivity index is 1.43. The number of amides is 2. The molecule has 0 atom stereocenters. The zero-order chi connectivity index (χ0) is 22.1. The number of hydrogen-bond acceptors (Lipinski definition) is 4. The van der Waals surface area contributed by atoms with E-state index in [1.165, 1.54) is 24.3 Å². The molecule has 3 aromatic rings. The Hall–Kier alpha value is -4.13. The molecule has 0 spiro atoms. The molecule has 0 aliphatic carbocycles. The number of carboxylic acid groups (broad SMARTS) is 1. The molecule has 0 bridgehead atoms. The third-order valence-corrected chi connectivity index (χ3v) is 4.44. The Morgan fingerprint density at radius 2 is 1.45 bits per heavy atom. The molecule has 3 N–H and O–H groups in total. The van der Waals surface area contributed by atoms with Crippen molar-refractivity contribution < 1.29 is 24.2 Å². The van der Waals surface area contributed by atoms with Gasteiger partial charge in [0, 0.05) is 17.8 Å². The summed E-state index contributed by atoms with van der Waals surface area (Å²) in [5, 5.41) is 14.4. The van der Waals surface area contributed by atoms with Gasteiger partial charge in [-0.15, -0.1) is 0 Å². The number of carbonyl (C=O) groups excluding carboxylic acids is 2. The van der Waals surface area contributed by atoms with Crippen LogP contribution < -0.4 is 15.4 Å². The quantitative estimate of drug-likeness (QED) is 0.491. The van der Waals surface area contributed by atoms with Crippen molar-refractivity contribution in [2.24, 2.45) is 0 Å². The first-order valence-electron chi connectivity index (χ1n) is 9.69. The van der Waals surface area contributed by atoms with Crippen LogP contribution in [0.3, 0.4) is 0 Å². The van der Waals surface area contributed by atoms with Crippen molar-refractivity contribution in [3.05, 3.63) is 95.6 Å². The Morgan fingerprint density at radius 3 is 2.10 bits per heavy atom. The summed E-state index contributed by atoms with van der Waals surface area (Å²) in [5.74, 6) is -0.731. The number of aromatic carboxylic acids is 1. The minimum absolute atomic E-state index is 0.123. The van der Waals surface area contributed by atoms with Gasteiger partial charge in [-0.25, -0.2) is 4.79 Å². The van der Waals surface area contributed by atoms with E-state index < -0.39 is 5.97 Å². The van der Waals surface area contributed by atoms with Gasteiger partial charge >= 0.3 is 5.97 Å². The van der Waals surface area contributed by atoms with Crippen molar-refractivity contribution in [3.63, 3.8) is 0 Å². The SMILES string of the molecule is O=C(CCOc1ccccc1)NCc1ccc(C(=O)Nc2ccc(C(=O)O)cc2)cc1. The van der Waals surface area contributed by atoms with Crippen LogP contribution in [0.4, 0.5) is 5.69 Å². The average molecular weight is 418 g/mol. The summed E-state index contributed by atoms with van der Waals surface area (Å²) in [4.78, 5) is 35.2. The number of carbonyl (C=O) groups is 3. The van der Waals surface area contributed by atoms with E-state index in [-0.39, 0.29) is 23.8 Å². The first kappa shape index (κ1) is 21.6. The second-order valence-electron chi connectivity index (χ2n) is 6.72. The lowest BCUT2D eigenvalue weighted by Crippen LogP contribution is -2.24. The van der Waals surface area contributed by atoms with Gasteiger partial charge in [0.2, 0.25) is 5.91 Å². The number of rotatable bonds is 9. The number of hydrogen-bond donors (Lipinski definition) is 3. The Kier molecular flexibility index (Phi) is 7.37. The number of nitrogens with one attached hydrogen (secondary N) is 2. The number of anilines is 1. The molecule has 31 heavy (non-hydrogen) atoms. The van der Waals surface area contributed by atoms with E-state index in [1.54, 1.807) is 24.3 Å². The van der Waals surface area contributed by atoms with Crippen molar-refractivity contribution in [1.82, 2.24) is 5.32 Å². The van der Waals surface area contributed by atoms with E-state index in [0.29, 0.717) is 24.4 Å². The van der Waals surface area contributed by atoms with E-state index >= 15 is 0 Å². The molecule has 0 saturated heterocycles. The lowest BCUT2D eigenvalue weighted by molar-refractivity contribution is -0.121. The molecule has 0 saturated carbocycles. The predicted molar refractivity (Wildman–Crippen MR) is 116 cm³/mol. The fraction of sp³-hybridized carbons (Fsp3) is 0.125. The molecule has 0 aliphatic heterocycles. The van der Waals surface area contributed by atoms with Crippen LogP contribution in [0, 0.1) is 0 Å². The van der Waals surface area contributed by atoms with Crippen LogP contribution in [-0.2, 0) is 11.3 Å². The number of carboxylic acids is 1. The maximum Gasteiger partial charge on any atom is 0.335 e. The first-order chi connectivity index (χ1) is 15.0. The number of ether oxygens (including phenoxy) is 1. The van der Waals surface area contributed by atoms with Crippen LogP contribution in [-0.4, -0.2) is 29.5 Å². The smallest absolute Gasteiger partial charge is 0.335 e. The number of para-hydroxylation sites is 1. The normalized spacial score (nSPS) is 10.2. The van der Waals surface area contributed by atoms with Gasteiger partial charge in [0.05, 0.1) is 18.6 Å². The molecule has 0 heterocycles. The second-order valence-corrected chi connectivity index (χ2v) is 6.72. The standard InChI is InChI=1S/C24H22N2O5/c27-22(14-15-31-21-4-2-1-3-5-21)25-16-17-6-8-18(9-7-17)23(28)26-20-12-10-19(11-13-20)24(29)30/h1-13H,14-16H2,(H,25,27)(H,26,28)(H,29,30). The molecule has 7 nitrogen and oxygen atoms in total. The van der Waals surface area contributed by atoms with Crippen LogP contribution in [0.15, 0.2) is 78.9 Å². The highest BCUT2D eigenvalue weighted by atomic mass is 16.5. The molecule has 0 aromatic heterocycles. The average Bonchev–Trinajstić information content (AvgIpc) is 2.79. The summed E-state index contributed by atoms with van der Waals surface area (Å²) < 4.78 is 5.50. The summed E-state index contributed by atoms with van der Waals surface area (Å²) >= 11 is 0. The zero-order valence-electron chi connectivity index (χ0n) is 16.7. The van der Waals surface area contributed by atoms with Crippen LogP contribution in [0.2, 0.25) is 0 Å². The minimum Gasteiger partial charge on any atom is -0.493 e. The van der Waals surface area contributed by atoms with Gasteiger partial charge in [0.15, 0.2) is 0 Å². The molecule has 0 radical (unpaired) electrons. The third-order valence-electron chi connectivity index (χ3n) is 4.44. The summed E-state index contributed by atoms with van der Waals surface area (Å²) in [6, 6.07) is 22.1. The first-order valence-corrected chi connectivity index (χ1v) is 9.69. The second kappa shape index (κ2) is 10.6. The lowest BCUT2D eigenvalue weighted by atomic mass is 10.1. The van der Waals surface area contributed by atoms with E-state index in [0.717, 1.165) is 11.3 Å². The zero-order valence-corrected chi connectivity index (χ0v) is 16.7. The molecule has 158 valence electrons. The molecule has 0 aliphatic rings. The van der Waals surface area contributed by atoms with Gasteiger partial charge in [0.1, 0.15) is 5.75 Å². The number of benzene rings is 3. The maximum atomic E-state index is 12.3. The minimum atomic E-state index is -1.02. The fourth-order valence-electron chi connectivity index (χ4n) is 2.74. The predicted octanol–water partition coefficient (Wildman–Crippen LogP) is 3.72. The van der Waals surface area contributed by atoms with Crippen LogP contribution >= 0.6 is 0 Å². The van der Waals surface area contributed by atoms with Crippen molar-refractivity contribution in [2.45, 2.75) is 13.0 Å². The van der Waals surface area contributed by atoms with E-state index in [4.69, 9.17) is 9.84 Å².